The lowest BCUT2D eigenvalue weighted by atomic mass is 10.2. The van der Waals surface area contributed by atoms with Crippen LogP contribution >= 0.6 is 23.2 Å². The lowest BCUT2D eigenvalue weighted by Crippen LogP contribution is -2.00. The second-order valence-corrected chi connectivity index (χ2v) is 5.80. The predicted octanol–water partition coefficient (Wildman–Crippen LogP) is 4.93. The zero-order chi connectivity index (χ0) is 16.2. The molecular formula is C17H14Cl2N4. The molecule has 3 rings (SSSR count). The van der Waals surface area contributed by atoms with E-state index >= 15 is 0 Å². The van der Waals surface area contributed by atoms with Crippen molar-refractivity contribution in [2.24, 2.45) is 5.10 Å². The van der Waals surface area contributed by atoms with Crippen molar-refractivity contribution >= 4 is 35.1 Å². The Balaban J connectivity index is 1.84. The largest absolute Gasteiger partial charge is 0.297 e. The maximum Gasteiger partial charge on any atom is 0.156 e. The quantitative estimate of drug-likeness (QED) is 0.538. The van der Waals surface area contributed by atoms with Crippen LogP contribution in [0.1, 0.15) is 11.3 Å². The molecule has 0 atom stereocenters. The van der Waals surface area contributed by atoms with Crippen molar-refractivity contribution in [2.45, 2.75) is 6.92 Å². The molecule has 1 heterocycles. The van der Waals surface area contributed by atoms with Gasteiger partial charge in [0.05, 0.1) is 11.9 Å². The molecule has 1 aromatic heterocycles. The minimum absolute atomic E-state index is 0.396. The van der Waals surface area contributed by atoms with E-state index in [1.165, 1.54) is 0 Å². The SMILES string of the molecule is Cc1cccc(-n2cnc(Cl)c2/C=N\Nc2ccc(Cl)cc2)c1. The van der Waals surface area contributed by atoms with Gasteiger partial charge in [-0.15, -0.1) is 0 Å². The van der Waals surface area contributed by atoms with Crippen LogP contribution in [0.4, 0.5) is 5.69 Å². The normalized spacial score (nSPS) is 11.1. The molecule has 0 bridgehead atoms. The highest BCUT2D eigenvalue weighted by atomic mass is 35.5. The Bertz CT molecular complexity index is 838. The Kier molecular flexibility index (Phi) is 4.65. The van der Waals surface area contributed by atoms with Gasteiger partial charge in [-0.25, -0.2) is 4.98 Å². The smallest absolute Gasteiger partial charge is 0.156 e. The van der Waals surface area contributed by atoms with Crippen LogP contribution in [0.2, 0.25) is 10.2 Å². The average molecular weight is 345 g/mol. The van der Waals surface area contributed by atoms with E-state index in [9.17, 15) is 0 Å². The molecule has 0 saturated carbocycles. The summed E-state index contributed by atoms with van der Waals surface area (Å²) in [4.78, 5) is 4.15. The van der Waals surface area contributed by atoms with E-state index < -0.39 is 0 Å². The molecular weight excluding hydrogens is 331 g/mol. The van der Waals surface area contributed by atoms with Crippen molar-refractivity contribution in [3.05, 3.63) is 76.3 Å². The van der Waals surface area contributed by atoms with Crippen LogP contribution in [0.25, 0.3) is 5.69 Å². The van der Waals surface area contributed by atoms with Crippen molar-refractivity contribution in [3.8, 4) is 5.69 Å². The Labute approximate surface area is 144 Å². The van der Waals surface area contributed by atoms with Gasteiger partial charge in [-0.2, -0.15) is 5.10 Å². The molecule has 0 saturated heterocycles. The zero-order valence-electron chi connectivity index (χ0n) is 12.4. The van der Waals surface area contributed by atoms with E-state index in [1.807, 2.05) is 41.8 Å². The molecule has 0 spiro atoms. The first-order chi connectivity index (χ1) is 11.1. The third-order valence-corrected chi connectivity index (χ3v) is 3.81. The molecule has 1 N–H and O–H groups in total. The molecule has 3 aromatic rings. The summed E-state index contributed by atoms with van der Waals surface area (Å²) in [7, 11) is 0. The Morgan fingerprint density at radius 2 is 1.91 bits per heavy atom. The van der Waals surface area contributed by atoms with Crippen LogP contribution in [0.3, 0.4) is 0 Å². The van der Waals surface area contributed by atoms with Gasteiger partial charge < -0.3 is 0 Å². The highest BCUT2D eigenvalue weighted by Crippen LogP contribution is 2.18. The van der Waals surface area contributed by atoms with Gasteiger partial charge in [-0.05, 0) is 48.9 Å². The van der Waals surface area contributed by atoms with E-state index in [0.29, 0.717) is 15.9 Å². The summed E-state index contributed by atoms with van der Waals surface area (Å²) in [5.74, 6) is 0. The zero-order valence-corrected chi connectivity index (χ0v) is 13.9. The molecule has 0 fully saturated rings. The number of benzene rings is 2. The number of anilines is 1. The summed E-state index contributed by atoms with van der Waals surface area (Å²) in [5, 5.41) is 5.30. The summed E-state index contributed by atoms with van der Waals surface area (Å²) in [6, 6.07) is 15.4. The van der Waals surface area contributed by atoms with Crippen LogP contribution in [0.15, 0.2) is 60.0 Å². The first-order valence-electron chi connectivity index (χ1n) is 6.98. The third kappa shape index (κ3) is 3.73. The van der Waals surface area contributed by atoms with Crippen LogP contribution in [-0.4, -0.2) is 15.8 Å². The number of aromatic nitrogens is 2. The van der Waals surface area contributed by atoms with Gasteiger partial charge in [0, 0.05) is 10.7 Å². The summed E-state index contributed by atoms with van der Waals surface area (Å²) in [6.45, 7) is 2.04. The highest BCUT2D eigenvalue weighted by molar-refractivity contribution is 6.31. The van der Waals surface area contributed by atoms with Crippen molar-refractivity contribution in [3.63, 3.8) is 0 Å². The van der Waals surface area contributed by atoms with Gasteiger partial charge >= 0.3 is 0 Å². The standard InChI is InChI=1S/C17H14Cl2N4/c1-12-3-2-4-15(9-12)23-11-20-17(19)16(23)10-21-22-14-7-5-13(18)6-8-14/h2-11,22H,1H3/b21-10-. The molecule has 0 amide bonds. The fourth-order valence-electron chi connectivity index (χ4n) is 2.13. The number of imidazole rings is 1. The Morgan fingerprint density at radius 1 is 1.13 bits per heavy atom. The summed E-state index contributed by atoms with van der Waals surface area (Å²) < 4.78 is 1.89. The first kappa shape index (κ1) is 15.6. The van der Waals surface area contributed by atoms with E-state index in [0.717, 1.165) is 16.9 Å². The van der Waals surface area contributed by atoms with Crippen molar-refractivity contribution in [1.82, 2.24) is 9.55 Å². The second kappa shape index (κ2) is 6.86. The van der Waals surface area contributed by atoms with Crippen LogP contribution in [0, 0.1) is 6.92 Å². The number of nitrogens with one attached hydrogen (secondary N) is 1. The van der Waals surface area contributed by atoms with Crippen LogP contribution < -0.4 is 5.43 Å². The molecule has 0 radical (unpaired) electrons. The number of nitrogens with zero attached hydrogens (tertiary/aromatic N) is 3. The summed E-state index contributed by atoms with van der Waals surface area (Å²) in [6.07, 6.45) is 3.33. The minimum atomic E-state index is 0.396. The molecule has 0 unspecified atom stereocenters. The van der Waals surface area contributed by atoms with E-state index in [1.54, 1.807) is 24.7 Å². The molecule has 116 valence electrons. The van der Waals surface area contributed by atoms with Gasteiger partial charge in [0.25, 0.3) is 0 Å². The highest BCUT2D eigenvalue weighted by Gasteiger charge is 2.08. The summed E-state index contributed by atoms with van der Waals surface area (Å²) in [5.41, 5.74) is 6.63. The van der Waals surface area contributed by atoms with E-state index in [4.69, 9.17) is 23.2 Å². The van der Waals surface area contributed by atoms with Gasteiger partial charge in [0.15, 0.2) is 5.15 Å². The van der Waals surface area contributed by atoms with Crippen molar-refractivity contribution in [2.75, 3.05) is 5.43 Å². The lowest BCUT2D eigenvalue weighted by molar-refractivity contribution is 1.04. The van der Waals surface area contributed by atoms with Crippen LogP contribution in [-0.2, 0) is 0 Å². The molecule has 6 heteroatoms. The van der Waals surface area contributed by atoms with Gasteiger partial charge in [-0.1, -0.05) is 35.3 Å². The van der Waals surface area contributed by atoms with Gasteiger partial charge in [0.1, 0.15) is 12.0 Å². The van der Waals surface area contributed by atoms with Gasteiger partial charge in [0.2, 0.25) is 0 Å². The van der Waals surface area contributed by atoms with E-state index in [-0.39, 0.29) is 0 Å². The monoisotopic (exact) mass is 344 g/mol. The molecule has 0 aliphatic heterocycles. The first-order valence-corrected chi connectivity index (χ1v) is 7.73. The number of rotatable bonds is 4. The number of hydrogen-bond donors (Lipinski definition) is 1. The molecule has 2 aromatic carbocycles. The maximum atomic E-state index is 6.17. The number of hydrogen-bond acceptors (Lipinski definition) is 3. The molecule has 4 nitrogen and oxygen atoms in total. The number of halogens is 2. The summed E-state index contributed by atoms with van der Waals surface area (Å²) >= 11 is 12.0. The number of aryl methyl sites for hydroxylation is 1. The van der Waals surface area contributed by atoms with Crippen molar-refractivity contribution in [1.29, 1.82) is 0 Å². The maximum absolute atomic E-state index is 6.17. The Morgan fingerprint density at radius 3 is 2.65 bits per heavy atom. The fraction of sp³-hybridized carbons (Fsp3) is 0.0588. The Hall–Kier alpha value is -2.30. The lowest BCUT2D eigenvalue weighted by Gasteiger charge is -2.06. The predicted molar refractivity (Wildman–Crippen MR) is 96.0 cm³/mol. The molecule has 0 aliphatic rings. The topological polar surface area (TPSA) is 42.2 Å². The second-order valence-electron chi connectivity index (χ2n) is 5.01. The minimum Gasteiger partial charge on any atom is -0.297 e. The fourth-order valence-corrected chi connectivity index (χ4v) is 2.44. The van der Waals surface area contributed by atoms with Crippen LogP contribution in [0.5, 0.6) is 0 Å². The third-order valence-electron chi connectivity index (χ3n) is 3.26. The average Bonchev–Trinajstić information content (AvgIpc) is 2.90. The molecule has 0 aliphatic carbocycles. The molecule has 23 heavy (non-hydrogen) atoms. The van der Waals surface area contributed by atoms with Gasteiger partial charge in [-0.3, -0.25) is 9.99 Å². The van der Waals surface area contributed by atoms with E-state index in [2.05, 4.69) is 21.6 Å². The number of hydrazone groups is 1. The van der Waals surface area contributed by atoms with Crippen molar-refractivity contribution < 1.29 is 0 Å².